The Morgan fingerprint density at radius 1 is 1.20 bits per heavy atom. The smallest absolute Gasteiger partial charge is 0.230 e. The first-order valence-electron chi connectivity index (χ1n) is 13.0. The zero-order chi connectivity index (χ0) is 29.4. The maximum atomic E-state index is 12.4. The number of aromatic nitrogens is 3. The third kappa shape index (κ3) is 8.19. The molecule has 218 valence electrons. The van der Waals surface area contributed by atoms with Gasteiger partial charge in [0, 0.05) is 29.6 Å². The fraction of sp³-hybridized carbons (Fsp3) is 0.500. The van der Waals surface area contributed by atoms with E-state index >= 15 is 0 Å². The molecule has 0 unspecified atom stereocenters. The van der Waals surface area contributed by atoms with E-state index in [9.17, 15) is 10.1 Å². The Bertz CT molecular complexity index is 1380. The van der Waals surface area contributed by atoms with Crippen molar-refractivity contribution in [2.45, 2.75) is 44.6 Å². The van der Waals surface area contributed by atoms with Gasteiger partial charge in [-0.25, -0.2) is 20.0 Å². The topological polar surface area (TPSA) is 111 Å². The molecule has 12 heteroatoms. The molecule has 1 fully saturated rings. The molecule has 9 nitrogen and oxygen atoms in total. The van der Waals surface area contributed by atoms with E-state index in [0.717, 1.165) is 18.6 Å². The quantitative estimate of drug-likeness (QED) is 0.158. The first-order chi connectivity index (χ1) is 19.1. The second-order valence-electron chi connectivity index (χ2n) is 9.83. The fourth-order valence-electron chi connectivity index (χ4n) is 3.74. The lowest BCUT2D eigenvalue weighted by molar-refractivity contribution is -0.118. The van der Waals surface area contributed by atoms with Crippen LogP contribution in [-0.2, 0) is 16.3 Å². The Morgan fingerprint density at radius 2 is 1.88 bits per heavy atom. The van der Waals surface area contributed by atoms with Crippen LogP contribution in [0.25, 0.3) is 22.3 Å². The first-order valence-corrected chi connectivity index (χ1v) is 17.4. The highest BCUT2D eigenvalue weighted by atomic mass is 35.5. The molecule has 0 aliphatic heterocycles. The molecule has 1 aliphatic rings. The molecule has 1 amide bonds. The maximum absolute atomic E-state index is 12.4. The average Bonchev–Trinajstić information content (AvgIpc) is 3.68. The summed E-state index contributed by atoms with van der Waals surface area (Å²) in [5.74, 6) is 2.04. The van der Waals surface area contributed by atoms with E-state index in [1.54, 1.807) is 30.0 Å². The van der Waals surface area contributed by atoms with Gasteiger partial charge in [-0.05, 0) is 37.7 Å². The van der Waals surface area contributed by atoms with Crippen molar-refractivity contribution in [1.82, 2.24) is 19.9 Å². The van der Waals surface area contributed by atoms with Crippen LogP contribution in [0.1, 0.15) is 32.3 Å². The number of fused-ring (bicyclic) bond motifs is 1. The van der Waals surface area contributed by atoms with Crippen LogP contribution in [0, 0.1) is 11.3 Å². The highest BCUT2D eigenvalue weighted by Crippen LogP contribution is 2.41. The van der Waals surface area contributed by atoms with Gasteiger partial charge in [-0.15, -0.1) is 0 Å². The SMILES string of the molecule is CC.COc1cc(Cl)c(-c2nc(SCC(=O)NC3CC3)nc3c2c(C#N)cn3COCCS(C)(C)C)cc1OC. The zero-order valence-electron chi connectivity index (χ0n) is 24.2. The van der Waals surface area contributed by atoms with Gasteiger partial charge >= 0.3 is 0 Å². The fourth-order valence-corrected chi connectivity index (χ4v) is 5.25. The third-order valence-corrected chi connectivity index (χ3v) is 8.44. The number of carbonyl (C=O) groups excluding carboxylic acids is 1. The predicted octanol–water partition coefficient (Wildman–Crippen LogP) is 5.71. The number of nitriles is 1. The van der Waals surface area contributed by atoms with Crippen molar-refractivity contribution in [3.8, 4) is 28.8 Å². The molecule has 0 bridgehead atoms. The molecule has 0 atom stereocenters. The van der Waals surface area contributed by atoms with Crippen LogP contribution < -0.4 is 14.8 Å². The molecule has 1 N–H and O–H groups in total. The monoisotopic (exact) mass is 607 g/mol. The van der Waals surface area contributed by atoms with E-state index in [0.29, 0.717) is 56.1 Å². The van der Waals surface area contributed by atoms with Gasteiger partial charge in [0.25, 0.3) is 0 Å². The molecule has 1 aromatic carbocycles. The minimum absolute atomic E-state index is 0.0620. The van der Waals surface area contributed by atoms with E-state index in [1.807, 2.05) is 13.8 Å². The molecule has 4 rings (SSSR count). The van der Waals surface area contributed by atoms with Crippen LogP contribution in [0.4, 0.5) is 0 Å². The molecule has 40 heavy (non-hydrogen) atoms. The number of hydrogen-bond donors (Lipinski definition) is 1. The van der Waals surface area contributed by atoms with Crippen LogP contribution in [0.2, 0.25) is 5.02 Å². The van der Waals surface area contributed by atoms with Crippen molar-refractivity contribution in [2.24, 2.45) is 0 Å². The normalized spacial score (nSPS) is 13.3. The van der Waals surface area contributed by atoms with Crippen LogP contribution in [0.5, 0.6) is 11.5 Å². The number of benzene rings is 1. The largest absolute Gasteiger partial charge is 0.493 e. The van der Waals surface area contributed by atoms with Crippen molar-refractivity contribution in [2.75, 3.05) is 51.1 Å². The summed E-state index contributed by atoms with van der Waals surface area (Å²) in [7, 11) is 2.38. The lowest BCUT2D eigenvalue weighted by Crippen LogP contribution is -2.27. The molecule has 0 spiro atoms. The summed E-state index contributed by atoms with van der Waals surface area (Å²) >= 11 is 7.92. The molecule has 2 heterocycles. The number of nitrogens with one attached hydrogen (secondary N) is 1. The van der Waals surface area contributed by atoms with Crippen LogP contribution in [0.15, 0.2) is 23.5 Å². The summed E-state index contributed by atoms with van der Waals surface area (Å²) < 4.78 is 18.7. The standard InChI is InChI=1S/C26H32ClN5O4S2.C2H6/c1-34-20-10-18(19(27)11-21(20)35-2)24-23-16(12-28)13-32(15-36-8-9-38(3,4)5)25(23)31-26(30-24)37-14-22(33)29-17-6-7-17;1-2/h10-11,13,17H,6-9,14-15H2,1-5H3,(H,29,33);1-2H3. The first kappa shape index (κ1) is 31.9. The zero-order valence-corrected chi connectivity index (χ0v) is 26.6. The van der Waals surface area contributed by atoms with Crippen LogP contribution in [0.3, 0.4) is 0 Å². The van der Waals surface area contributed by atoms with Gasteiger partial charge in [0.15, 0.2) is 16.7 Å². The summed E-state index contributed by atoms with van der Waals surface area (Å²) in [4.78, 5) is 21.9. The molecule has 3 aromatic rings. The average molecular weight is 608 g/mol. The highest BCUT2D eigenvalue weighted by molar-refractivity contribution is 8.32. The Hall–Kier alpha value is -2.65. The number of thioether (sulfide) groups is 1. The van der Waals surface area contributed by atoms with Crippen LogP contribution >= 0.6 is 33.4 Å². The van der Waals surface area contributed by atoms with Crippen LogP contribution in [-0.4, -0.2) is 77.6 Å². The Balaban J connectivity index is 0.00000216. The Morgan fingerprint density at radius 3 is 2.48 bits per heavy atom. The van der Waals surface area contributed by atoms with Crippen molar-refractivity contribution in [1.29, 1.82) is 5.26 Å². The van der Waals surface area contributed by atoms with E-state index in [-0.39, 0.29) is 24.4 Å². The second kappa shape index (κ2) is 14.3. The number of amides is 1. The van der Waals surface area contributed by atoms with E-state index in [1.165, 1.54) is 18.9 Å². The lowest BCUT2D eigenvalue weighted by Gasteiger charge is -2.24. The molecule has 0 radical (unpaired) electrons. The van der Waals surface area contributed by atoms with Crippen molar-refractivity contribution >= 4 is 50.3 Å². The summed E-state index contributed by atoms with van der Waals surface area (Å²) in [5, 5.41) is 14.3. The number of carbonyl (C=O) groups is 1. The summed E-state index contributed by atoms with van der Waals surface area (Å²) in [6.45, 7) is 4.83. The van der Waals surface area contributed by atoms with Gasteiger partial charge in [0.2, 0.25) is 5.91 Å². The van der Waals surface area contributed by atoms with Crippen molar-refractivity contribution in [3.05, 3.63) is 28.9 Å². The maximum Gasteiger partial charge on any atom is 0.230 e. The van der Waals surface area contributed by atoms with E-state index < -0.39 is 10.0 Å². The number of halogens is 1. The molecular weight excluding hydrogens is 570 g/mol. The van der Waals surface area contributed by atoms with Crippen molar-refractivity contribution in [3.63, 3.8) is 0 Å². The number of ether oxygens (including phenoxy) is 3. The minimum Gasteiger partial charge on any atom is -0.493 e. The summed E-state index contributed by atoms with van der Waals surface area (Å²) in [5.41, 5.74) is 1.97. The van der Waals surface area contributed by atoms with Gasteiger partial charge in [-0.2, -0.15) is 5.26 Å². The summed E-state index contributed by atoms with van der Waals surface area (Å²) in [6.07, 6.45) is 10.5. The van der Waals surface area contributed by atoms with Gasteiger partial charge in [-0.1, -0.05) is 37.2 Å². The van der Waals surface area contributed by atoms with E-state index in [4.69, 9.17) is 35.8 Å². The summed E-state index contributed by atoms with van der Waals surface area (Å²) in [6, 6.07) is 5.92. The van der Waals surface area contributed by atoms with Gasteiger partial charge in [-0.3, -0.25) is 4.79 Å². The highest BCUT2D eigenvalue weighted by Gasteiger charge is 2.25. The molecule has 0 saturated heterocycles. The third-order valence-electron chi connectivity index (χ3n) is 5.89. The van der Waals surface area contributed by atoms with Gasteiger partial charge in [0.1, 0.15) is 18.4 Å². The Labute approximate surface area is 247 Å². The lowest BCUT2D eigenvalue weighted by atomic mass is 10.1. The molecule has 1 aliphatic carbocycles. The number of nitrogens with zero attached hydrogens (tertiary/aromatic N) is 4. The number of rotatable bonds is 12. The van der Waals surface area contributed by atoms with E-state index in [2.05, 4.69) is 30.2 Å². The number of methoxy groups -OCH3 is 2. The second-order valence-corrected chi connectivity index (χ2v) is 15.8. The Kier molecular flexibility index (Phi) is 11.4. The van der Waals surface area contributed by atoms with Gasteiger partial charge in [0.05, 0.1) is 48.2 Å². The molecule has 1 saturated carbocycles. The molecular formula is C28H38ClN5O4S2. The minimum atomic E-state index is -0.697. The predicted molar refractivity (Wildman–Crippen MR) is 165 cm³/mol. The molecule has 2 aromatic heterocycles. The number of hydrogen-bond acceptors (Lipinski definition) is 8. The van der Waals surface area contributed by atoms with Crippen molar-refractivity contribution < 1.29 is 19.0 Å². The van der Waals surface area contributed by atoms with Gasteiger partial charge < -0.3 is 24.1 Å².